The van der Waals surface area contributed by atoms with E-state index in [1.54, 1.807) is 7.11 Å². The molecule has 1 atom stereocenters. The molecule has 0 heterocycles. The van der Waals surface area contributed by atoms with Crippen LogP contribution in [-0.2, 0) is 14.3 Å². The lowest BCUT2D eigenvalue weighted by Gasteiger charge is -2.07. The van der Waals surface area contributed by atoms with Gasteiger partial charge >= 0.3 is 5.97 Å². The zero-order chi connectivity index (χ0) is 8.69. The van der Waals surface area contributed by atoms with Gasteiger partial charge in [-0.05, 0) is 19.8 Å². The van der Waals surface area contributed by atoms with Gasteiger partial charge in [0.1, 0.15) is 0 Å². The van der Waals surface area contributed by atoms with Gasteiger partial charge < -0.3 is 9.47 Å². The van der Waals surface area contributed by atoms with Crippen LogP contribution in [0.1, 0.15) is 26.2 Å². The molecule has 0 bridgehead atoms. The molecule has 0 aromatic carbocycles. The number of ether oxygens (including phenoxy) is 2. The van der Waals surface area contributed by atoms with Gasteiger partial charge in [0, 0.05) is 13.5 Å². The van der Waals surface area contributed by atoms with E-state index in [1.807, 2.05) is 6.92 Å². The second-order valence-corrected chi connectivity index (χ2v) is 2.51. The Kier molecular flexibility index (Phi) is 5.84. The number of carbonyl (C=O) groups excluding carboxylic acids is 1. The van der Waals surface area contributed by atoms with E-state index in [2.05, 4.69) is 4.74 Å². The van der Waals surface area contributed by atoms with E-state index in [9.17, 15) is 4.79 Å². The highest BCUT2D eigenvalue weighted by molar-refractivity contribution is 5.68. The predicted octanol–water partition coefficient (Wildman–Crippen LogP) is 1.36. The molecule has 66 valence electrons. The fourth-order valence-electron chi connectivity index (χ4n) is 0.754. The Hall–Kier alpha value is -0.570. The SMILES string of the molecule is COC(=O)CCCC(C)OC. The summed E-state index contributed by atoms with van der Waals surface area (Å²) in [5.41, 5.74) is 0. The van der Waals surface area contributed by atoms with Crippen LogP contribution in [0.2, 0.25) is 0 Å². The third kappa shape index (κ3) is 5.85. The zero-order valence-corrected chi connectivity index (χ0v) is 7.42. The molecule has 0 amide bonds. The fourth-order valence-corrected chi connectivity index (χ4v) is 0.754. The summed E-state index contributed by atoms with van der Waals surface area (Å²) in [6.45, 7) is 1.98. The van der Waals surface area contributed by atoms with Crippen molar-refractivity contribution in [2.75, 3.05) is 14.2 Å². The van der Waals surface area contributed by atoms with Crippen molar-refractivity contribution in [3.63, 3.8) is 0 Å². The Labute approximate surface area is 67.7 Å². The summed E-state index contributed by atoms with van der Waals surface area (Å²) >= 11 is 0. The molecule has 0 fully saturated rings. The molecule has 3 nitrogen and oxygen atoms in total. The minimum atomic E-state index is -0.145. The number of hydrogen-bond acceptors (Lipinski definition) is 3. The third-order valence-corrected chi connectivity index (χ3v) is 1.62. The fraction of sp³-hybridized carbons (Fsp3) is 0.875. The van der Waals surface area contributed by atoms with E-state index in [1.165, 1.54) is 7.11 Å². The van der Waals surface area contributed by atoms with E-state index in [0.717, 1.165) is 12.8 Å². The van der Waals surface area contributed by atoms with Crippen LogP contribution >= 0.6 is 0 Å². The lowest BCUT2D eigenvalue weighted by Crippen LogP contribution is -2.06. The van der Waals surface area contributed by atoms with Gasteiger partial charge in [0.05, 0.1) is 13.2 Å². The van der Waals surface area contributed by atoms with E-state index in [-0.39, 0.29) is 12.1 Å². The molecule has 0 N–H and O–H groups in total. The van der Waals surface area contributed by atoms with Crippen molar-refractivity contribution in [1.29, 1.82) is 0 Å². The summed E-state index contributed by atoms with van der Waals surface area (Å²) < 4.78 is 9.50. The second kappa shape index (κ2) is 6.16. The molecule has 0 saturated carbocycles. The monoisotopic (exact) mass is 160 g/mol. The minimum Gasteiger partial charge on any atom is -0.469 e. The van der Waals surface area contributed by atoms with Crippen molar-refractivity contribution in [2.24, 2.45) is 0 Å². The van der Waals surface area contributed by atoms with Crippen molar-refractivity contribution in [3.05, 3.63) is 0 Å². The molecule has 0 spiro atoms. The molecule has 0 aromatic rings. The first-order chi connectivity index (χ1) is 5.20. The van der Waals surface area contributed by atoms with Crippen molar-refractivity contribution in [2.45, 2.75) is 32.3 Å². The van der Waals surface area contributed by atoms with Crippen LogP contribution in [0.3, 0.4) is 0 Å². The van der Waals surface area contributed by atoms with E-state index < -0.39 is 0 Å². The second-order valence-electron chi connectivity index (χ2n) is 2.51. The van der Waals surface area contributed by atoms with Crippen LogP contribution in [0, 0.1) is 0 Å². The van der Waals surface area contributed by atoms with Crippen LogP contribution < -0.4 is 0 Å². The molecule has 0 radical (unpaired) electrons. The Balaban J connectivity index is 3.20. The lowest BCUT2D eigenvalue weighted by atomic mass is 10.2. The Bertz CT molecular complexity index is 112. The van der Waals surface area contributed by atoms with Gasteiger partial charge in [0.25, 0.3) is 0 Å². The summed E-state index contributed by atoms with van der Waals surface area (Å²) in [4.78, 5) is 10.6. The number of rotatable bonds is 5. The van der Waals surface area contributed by atoms with E-state index in [4.69, 9.17) is 4.74 Å². The molecule has 0 aliphatic rings. The standard InChI is InChI=1S/C8H16O3/c1-7(10-2)5-4-6-8(9)11-3/h7H,4-6H2,1-3H3. The molecule has 11 heavy (non-hydrogen) atoms. The molecule has 1 unspecified atom stereocenters. The highest BCUT2D eigenvalue weighted by atomic mass is 16.5. The van der Waals surface area contributed by atoms with Gasteiger partial charge in [0.15, 0.2) is 0 Å². The van der Waals surface area contributed by atoms with Crippen molar-refractivity contribution < 1.29 is 14.3 Å². The Morgan fingerprint density at radius 3 is 2.55 bits per heavy atom. The van der Waals surface area contributed by atoms with Crippen LogP contribution in [0.25, 0.3) is 0 Å². The normalized spacial score (nSPS) is 12.6. The van der Waals surface area contributed by atoms with Gasteiger partial charge in [0.2, 0.25) is 0 Å². The quantitative estimate of drug-likeness (QED) is 0.570. The van der Waals surface area contributed by atoms with Crippen LogP contribution in [0.5, 0.6) is 0 Å². The molecule has 0 aromatic heterocycles. The van der Waals surface area contributed by atoms with Crippen LogP contribution in [0.4, 0.5) is 0 Å². The topological polar surface area (TPSA) is 35.5 Å². The predicted molar refractivity (Wildman–Crippen MR) is 42.3 cm³/mol. The van der Waals surface area contributed by atoms with Crippen LogP contribution in [-0.4, -0.2) is 26.3 Å². The van der Waals surface area contributed by atoms with Gasteiger partial charge in [-0.2, -0.15) is 0 Å². The van der Waals surface area contributed by atoms with E-state index >= 15 is 0 Å². The maximum Gasteiger partial charge on any atom is 0.305 e. The van der Waals surface area contributed by atoms with Gasteiger partial charge in [-0.1, -0.05) is 0 Å². The van der Waals surface area contributed by atoms with Crippen LogP contribution in [0.15, 0.2) is 0 Å². The lowest BCUT2D eigenvalue weighted by molar-refractivity contribution is -0.140. The first-order valence-corrected chi connectivity index (χ1v) is 3.80. The Morgan fingerprint density at radius 1 is 1.45 bits per heavy atom. The van der Waals surface area contributed by atoms with Gasteiger partial charge in [-0.25, -0.2) is 0 Å². The third-order valence-electron chi connectivity index (χ3n) is 1.62. The average molecular weight is 160 g/mol. The molecule has 3 heteroatoms. The number of hydrogen-bond donors (Lipinski definition) is 0. The van der Waals surface area contributed by atoms with Crippen molar-refractivity contribution >= 4 is 5.97 Å². The highest BCUT2D eigenvalue weighted by Gasteiger charge is 2.02. The number of carbonyl (C=O) groups is 1. The molecule has 0 saturated heterocycles. The van der Waals surface area contributed by atoms with Gasteiger partial charge in [-0.15, -0.1) is 0 Å². The maximum absolute atomic E-state index is 10.6. The van der Waals surface area contributed by atoms with Crippen molar-refractivity contribution in [3.8, 4) is 0 Å². The smallest absolute Gasteiger partial charge is 0.305 e. The molecule has 0 aliphatic carbocycles. The van der Waals surface area contributed by atoms with Crippen molar-refractivity contribution in [1.82, 2.24) is 0 Å². The molecule has 0 rings (SSSR count). The first kappa shape index (κ1) is 10.4. The minimum absolute atomic E-state index is 0.145. The number of methoxy groups -OCH3 is 2. The summed E-state index contributed by atoms with van der Waals surface area (Å²) in [5, 5.41) is 0. The largest absolute Gasteiger partial charge is 0.469 e. The zero-order valence-electron chi connectivity index (χ0n) is 7.42. The maximum atomic E-state index is 10.6. The summed E-state index contributed by atoms with van der Waals surface area (Å²) in [5.74, 6) is -0.145. The molecule has 0 aliphatic heterocycles. The molecular weight excluding hydrogens is 144 g/mol. The molecular formula is C8H16O3. The van der Waals surface area contributed by atoms with Gasteiger partial charge in [-0.3, -0.25) is 4.79 Å². The summed E-state index contributed by atoms with van der Waals surface area (Å²) in [6.07, 6.45) is 2.47. The summed E-state index contributed by atoms with van der Waals surface area (Å²) in [6, 6.07) is 0. The number of esters is 1. The average Bonchev–Trinajstić information content (AvgIpc) is 2.04. The first-order valence-electron chi connectivity index (χ1n) is 3.80. The van der Waals surface area contributed by atoms with E-state index in [0.29, 0.717) is 6.42 Å². The summed E-state index contributed by atoms with van der Waals surface area (Å²) in [7, 11) is 3.07. The highest BCUT2D eigenvalue weighted by Crippen LogP contribution is 2.03. The Morgan fingerprint density at radius 2 is 2.09 bits per heavy atom.